The summed E-state index contributed by atoms with van der Waals surface area (Å²) < 4.78 is 21.1. The van der Waals surface area contributed by atoms with Crippen molar-refractivity contribution in [3.05, 3.63) is 24.3 Å². The number of nitrogens with zero attached hydrogens (tertiary/aromatic N) is 1. The van der Waals surface area contributed by atoms with E-state index in [4.69, 9.17) is 13.3 Å². The molecule has 0 N–H and O–H groups in total. The van der Waals surface area contributed by atoms with Crippen LogP contribution in [0, 0.1) is 0 Å². The molecule has 0 atom stereocenters. The van der Waals surface area contributed by atoms with Gasteiger partial charge < -0.3 is 13.3 Å². The van der Waals surface area contributed by atoms with Crippen LogP contribution in [0.5, 0.6) is 0 Å². The van der Waals surface area contributed by atoms with E-state index in [0.717, 1.165) is 28.1 Å². The van der Waals surface area contributed by atoms with E-state index in [2.05, 4.69) is 23.2 Å². The first-order valence-corrected chi connectivity index (χ1v) is 16.0. The molecule has 2 aromatic rings. The van der Waals surface area contributed by atoms with Gasteiger partial charge in [0.1, 0.15) is 0 Å². The minimum absolute atomic E-state index is 0.0979. The van der Waals surface area contributed by atoms with Crippen LogP contribution in [0.1, 0.15) is 48.0 Å². The van der Waals surface area contributed by atoms with Gasteiger partial charge in [0.25, 0.3) is 0 Å². The molecule has 28 heavy (non-hydrogen) atoms. The first-order valence-electron chi connectivity index (χ1n) is 9.65. The molecule has 9 heteroatoms. The third-order valence-corrected chi connectivity index (χ3v) is 12.3. The zero-order valence-electron chi connectivity index (χ0n) is 17.5. The molecule has 1 aromatic carbocycles. The summed E-state index contributed by atoms with van der Waals surface area (Å²) in [4.78, 5) is 4.66. The van der Waals surface area contributed by atoms with E-state index in [0.29, 0.717) is 0 Å². The van der Waals surface area contributed by atoms with Gasteiger partial charge in [0.2, 0.25) is 0 Å². The summed E-state index contributed by atoms with van der Waals surface area (Å²) in [5.41, 5.74) is 1.08. The van der Waals surface area contributed by atoms with Crippen molar-refractivity contribution in [3.8, 4) is 0 Å². The number of fused-ring (bicyclic) bond motifs is 1. The van der Waals surface area contributed by atoms with E-state index in [1.54, 1.807) is 32.0 Å². The van der Waals surface area contributed by atoms with Crippen LogP contribution < -0.4 is 0 Å². The van der Waals surface area contributed by atoms with Crippen LogP contribution in [0.25, 0.3) is 10.2 Å². The lowest BCUT2D eigenvalue weighted by molar-refractivity contribution is 0.00319. The van der Waals surface area contributed by atoms with Crippen molar-refractivity contribution in [3.63, 3.8) is 0 Å². The van der Waals surface area contributed by atoms with Gasteiger partial charge in [-0.05, 0) is 80.7 Å². The SMILES string of the molecule is CC(C)O[Si](CCCSSSc1nc2ccccc2s1)(OC(C)C)OC(C)C. The van der Waals surface area contributed by atoms with Crippen LogP contribution in [-0.2, 0) is 13.3 Å². The average molecular weight is 478 g/mol. The van der Waals surface area contributed by atoms with Crippen molar-refractivity contribution in [1.82, 2.24) is 4.98 Å². The van der Waals surface area contributed by atoms with Gasteiger partial charge in [-0.1, -0.05) is 22.9 Å². The Kier molecular flexibility index (Phi) is 10.7. The van der Waals surface area contributed by atoms with E-state index < -0.39 is 8.80 Å². The number of aromatic nitrogens is 1. The first-order chi connectivity index (χ1) is 13.3. The summed E-state index contributed by atoms with van der Waals surface area (Å²) >= 11 is 1.75. The summed E-state index contributed by atoms with van der Waals surface area (Å²) in [5.74, 6) is 1.03. The molecular formula is C19H31NO3S4Si. The van der Waals surface area contributed by atoms with Crippen molar-refractivity contribution in [2.75, 3.05) is 5.75 Å². The van der Waals surface area contributed by atoms with Gasteiger partial charge in [0.05, 0.1) is 10.2 Å². The van der Waals surface area contributed by atoms with Crippen molar-refractivity contribution in [2.45, 2.75) is 76.7 Å². The molecule has 0 bridgehead atoms. The molecule has 0 spiro atoms. The molecule has 0 radical (unpaired) electrons. The third kappa shape index (κ3) is 8.55. The van der Waals surface area contributed by atoms with Gasteiger partial charge in [0, 0.05) is 30.1 Å². The van der Waals surface area contributed by atoms with E-state index in [1.165, 1.54) is 4.70 Å². The Labute approximate surface area is 186 Å². The van der Waals surface area contributed by atoms with Crippen LogP contribution >= 0.6 is 42.8 Å². The van der Waals surface area contributed by atoms with Gasteiger partial charge in [-0.2, -0.15) is 0 Å². The minimum atomic E-state index is -2.67. The summed E-state index contributed by atoms with van der Waals surface area (Å²) in [5, 5.41) is 0. The highest BCUT2D eigenvalue weighted by Crippen LogP contribution is 2.43. The average Bonchev–Trinajstić information content (AvgIpc) is 2.98. The summed E-state index contributed by atoms with van der Waals surface area (Å²) in [7, 11) is 2.72. The zero-order valence-corrected chi connectivity index (χ0v) is 21.7. The monoisotopic (exact) mass is 477 g/mol. The number of hydrogen-bond acceptors (Lipinski definition) is 8. The predicted molar refractivity (Wildman–Crippen MR) is 129 cm³/mol. The molecule has 1 heterocycles. The largest absolute Gasteiger partial charge is 0.501 e. The van der Waals surface area contributed by atoms with Crippen LogP contribution in [0.2, 0.25) is 6.04 Å². The molecule has 4 nitrogen and oxygen atoms in total. The molecule has 0 aliphatic carbocycles. The van der Waals surface area contributed by atoms with Crippen LogP contribution in [0.15, 0.2) is 28.6 Å². The molecule has 0 amide bonds. The number of hydrogen-bond donors (Lipinski definition) is 0. The molecule has 1 aromatic heterocycles. The van der Waals surface area contributed by atoms with Gasteiger partial charge in [-0.15, -0.1) is 11.3 Å². The van der Waals surface area contributed by atoms with Crippen molar-refractivity contribution < 1.29 is 13.3 Å². The number of para-hydroxylation sites is 1. The second-order valence-corrected chi connectivity index (χ2v) is 15.2. The Morgan fingerprint density at radius 2 is 1.57 bits per heavy atom. The minimum Gasteiger partial charge on any atom is -0.371 e. The Morgan fingerprint density at radius 1 is 0.964 bits per heavy atom. The number of rotatable bonds is 13. The molecule has 0 unspecified atom stereocenters. The molecule has 158 valence electrons. The standard InChI is InChI=1S/C19H31NO3S4Si/c1-14(2)21-28(22-15(3)4,23-16(5)6)13-9-12-24-27-26-19-20-17-10-7-8-11-18(17)25-19/h7-8,10-11,14-16H,9,12-13H2,1-6H3. The van der Waals surface area contributed by atoms with Gasteiger partial charge in [0.15, 0.2) is 4.34 Å². The van der Waals surface area contributed by atoms with Crippen LogP contribution in [-0.4, -0.2) is 37.9 Å². The summed E-state index contributed by atoms with van der Waals surface area (Å²) in [6, 6.07) is 9.13. The van der Waals surface area contributed by atoms with Gasteiger partial charge in [-0.25, -0.2) is 4.98 Å². The summed E-state index contributed by atoms with van der Waals surface area (Å²) in [6.07, 6.45) is 1.30. The molecule has 0 saturated heterocycles. The highest BCUT2D eigenvalue weighted by Gasteiger charge is 2.43. The normalized spacial score (nSPS) is 12.8. The first kappa shape index (κ1) is 24.5. The Hall–Kier alpha value is 0.257. The maximum Gasteiger partial charge on any atom is 0.501 e. The highest BCUT2D eigenvalue weighted by molar-refractivity contribution is 9.09. The lowest BCUT2D eigenvalue weighted by Gasteiger charge is -2.34. The quantitative estimate of drug-likeness (QED) is 0.170. The topological polar surface area (TPSA) is 40.6 Å². The lowest BCUT2D eigenvalue weighted by Crippen LogP contribution is -2.50. The van der Waals surface area contributed by atoms with Crippen LogP contribution in [0.3, 0.4) is 0 Å². The fourth-order valence-corrected chi connectivity index (χ4v) is 11.5. The van der Waals surface area contributed by atoms with E-state index in [-0.39, 0.29) is 18.3 Å². The molecular weight excluding hydrogens is 447 g/mol. The smallest absolute Gasteiger partial charge is 0.371 e. The maximum atomic E-state index is 6.23. The van der Waals surface area contributed by atoms with Crippen molar-refractivity contribution >= 4 is 61.8 Å². The van der Waals surface area contributed by atoms with E-state index in [9.17, 15) is 0 Å². The molecule has 0 saturated carbocycles. The van der Waals surface area contributed by atoms with Gasteiger partial charge in [-0.3, -0.25) is 0 Å². The van der Waals surface area contributed by atoms with Crippen molar-refractivity contribution in [2.24, 2.45) is 0 Å². The van der Waals surface area contributed by atoms with Crippen molar-refractivity contribution in [1.29, 1.82) is 0 Å². The number of thiazole rings is 1. The highest BCUT2D eigenvalue weighted by atomic mass is 33.5. The Bertz CT molecular complexity index is 652. The summed E-state index contributed by atoms with van der Waals surface area (Å²) in [6.45, 7) is 12.3. The van der Waals surface area contributed by atoms with E-state index in [1.807, 2.05) is 58.4 Å². The molecule has 2 rings (SSSR count). The number of benzene rings is 1. The predicted octanol–water partition coefficient (Wildman–Crippen LogP) is 7.29. The Balaban J connectivity index is 1.80. The second kappa shape index (κ2) is 12.2. The van der Waals surface area contributed by atoms with E-state index >= 15 is 0 Å². The van der Waals surface area contributed by atoms with Crippen LogP contribution in [0.4, 0.5) is 0 Å². The fraction of sp³-hybridized carbons (Fsp3) is 0.632. The molecule has 0 aliphatic heterocycles. The molecule has 0 aliphatic rings. The van der Waals surface area contributed by atoms with Gasteiger partial charge >= 0.3 is 8.80 Å². The zero-order chi connectivity index (χ0) is 20.6. The Morgan fingerprint density at radius 3 is 2.14 bits per heavy atom. The lowest BCUT2D eigenvalue weighted by atomic mass is 10.3. The molecule has 0 fully saturated rings. The maximum absolute atomic E-state index is 6.23. The second-order valence-electron chi connectivity index (χ2n) is 7.21. The third-order valence-electron chi connectivity index (χ3n) is 3.38. The fourth-order valence-electron chi connectivity index (χ4n) is 2.66.